The fourth-order valence-electron chi connectivity index (χ4n) is 3.61. The molecule has 6 nitrogen and oxygen atoms in total. The van der Waals surface area contributed by atoms with Gasteiger partial charge in [0.2, 0.25) is 0 Å². The van der Waals surface area contributed by atoms with Crippen LogP contribution in [0.1, 0.15) is 23.3 Å². The van der Waals surface area contributed by atoms with Gasteiger partial charge in [0.05, 0.1) is 18.3 Å². The van der Waals surface area contributed by atoms with Gasteiger partial charge in [0.25, 0.3) is 0 Å². The molecule has 0 radical (unpaired) electrons. The molecule has 0 amide bonds. The van der Waals surface area contributed by atoms with Gasteiger partial charge in [-0.1, -0.05) is 60.7 Å². The Hall–Kier alpha value is -1.53. The summed E-state index contributed by atoms with van der Waals surface area (Å²) in [5, 5.41) is 11.1. The molecule has 0 spiro atoms. The zero-order valence-electron chi connectivity index (χ0n) is 15.3. The van der Waals surface area contributed by atoms with E-state index in [0.717, 1.165) is 37.3 Å². The number of hydrogen-bond donors (Lipinski definition) is 3. The molecule has 1 saturated heterocycles. The lowest BCUT2D eigenvalue weighted by Crippen LogP contribution is -2.49. The molecule has 2 aromatic rings. The van der Waals surface area contributed by atoms with Gasteiger partial charge in [-0.25, -0.2) is 0 Å². The molecule has 7 heteroatoms. The summed E-state index contributed by atoms with van der Waals surface area (Å²) in [4.78, 5) is 22.5. The van der Waals surface area contributed by atoms with Crippen LogP contribution in [0.4, 0.5) is 0 Å². The van der Waals surface area contributed by atoms with Crippen molar-refractivity contribution in [1.29, 1.82) is 0 Å². The minimum atomic E-state index is -3.97. The first-order valence-electron chi connectivity index (χ1n) is 9.23. The molecule has 2 atom stereocenters. The Morgan fingerprint density at radius 3 is 1.89 bits per heavy atom. The molecule has 0 unspecified atom stereocenters. The number of aliphatic hydroxyl groups excluding tert-OH is 1. The number of benzene rings is 2. The topological polar surface area (TPSA) is 84.2 Å². The molecule has 3 rings (SSSR count). The van der Waals surface area contributed by atoms with E-state index in [9.17, 15) is 9.67 Å². The maximum atomic E-state index is 11.1. The molecular formula is C20H27N2O4P. The minimum absolute atomic E-state index is 0.109. The van der Waals surface area contributed by atoms with E-state index in [2.05, 4.69) is 9.80 Å². The van der Waals surface area contributed by atoms with Gasteiger partial charge in [-0.2, -0.15) is 0 Å². The molecular weight excluding hydrogens is 363 g/mol. The molecule has 1 fully saturated rings. The van der Waals surface area contributed by atoms with E-state index in [1.54, 1.807) is 0 Å². The molecule has 3 N–H and O–H groups in total. The van der Waals surface area contributed by atoms with Crippen molar-refractivity contribution in [3.8, 4) is 0 Å². The van der Waals surface area contributed by atoms with E-state index in [-0.39, 0.29) is 12.2 Å². The molecule has 1 heterocycles. The van der Waals surface area contributed by atoms with E-state index in [1.165, 1.54) is 0 Å². The number of piperazine rings is 1. The predicted molar refractivity (Wildman–Crippen MR) is 106 cm³/mol. The zero-order valence-corrected chi connectivity index (χ0v) is 16.2. The maximum absolute atomic E-state index is 11.1. The molecule has 1 aliphatic heterocycles. The van der Waals surface area contributed by atoms with Gasteiger partial charge in [-0.05, 0) is 11.1 Å². The first-order valence-corrected chi connectivity index (χ1v) is 11.0. The Morgan fingerprint density at radius 2 is 1.37 bits per heavy atom. The smallest absolute Gasteiger partial charge is 0.326 e. The third-order valence-electron chi connectivity index (χ3n) is 5.09. The van der Waals surface area contributed by atoms with Gasteiger partial charge >= 0.3 is 7.60 Å². The summed E-state index contributed by atoms with van der Waals surface area (Å²) in [7, 11) is -3.97. The van der Waals surface area contributed by atoms with Crippen LogP contribution in [0.5, 0.6) is 0 Å². The highest BCUT2D eigenvalue weighted by atomic mass is 31.2. The van der Waals surface area contributed by atoms with Gasteiger partial charge in [-0.3, -0.25) is 9.46 Å². The van der Waals surface area contributed by atoms with Crippen LogP contribution in [0.3, 0.4) is 0 Å². The summed E-state index contributed by atoms with van der Waals surface area (Å²) in [5.74, 6) is 0. The Balaban J connectivity index is 1.72. The van der Waals surface area contributed by atoms with Crippen LogP contribution < -0.4 is 0 Å². The van der Waals surface area contributed by atoms with Crippen LogP contribution in [0.2, 0.25) is 0 Å². The molecule has 0 aromatic heterocycles. The highest BCUT2D eigenvalue weighted by Crippen LogP contribution is 2.36. The largest absolute Gasteiger partial charge is 0.386 e. The van der Waals surface area contributed by atoms with Crippen LogP contribution in [0, 0.1) is 0 Å². The second-order valence-corrected chi connectivity index (χ2v) is 8.75. The van der Waals surface area contributed by atoms with Crippen molar-refractivity contribution in [2.75, 3.05) is 38.9 Å². The normalized spacial score (nSPS) is 18.9. The Labute approximate surface area is 160 Å². The Kier molecular flexibility index (Phi) is 6.82. The molecule has 2 aromatic carbocycles. The summed E-state index contributed by atoms with van der Waals surface area (Å²) in [6.45, 7) is 3.33. The minimum Gasteiger partial charge on any atom is -0.386 e. The molecule has 146 valence electrons. The fourth-order valence-corrected chi connectivity index (χ4v) is 4.16. The van der Waals surface area contributed by atoms with Gasteiger partial charge < -0.3 is 19.8 Å². The lowest BCUT2D eigenvalue weighted by Gasteiger charge is -2.41. The summed E-state index contributed by atoms with van der Waals surface area (Å²) in [5.41, 5.74) is 1.95. The average molecular weight is 390 g/mol. The Morgan fingerprint density at radius 1 is 0.852 bits per heavy atom. The highest BCUT2D eigenvalue weighted by Gasteiger charge is 2.31. The molecule has 0 saturated carbocycles. The molecule has 1 aliphatic rings. The quantitative estimate of drug-likeness (QED) is 0.629. The van der Waals surface area contributed by atoms with Gasteiger partial charge in [0.15, 0.2) is 0 Å². The highest BCUT2D eigenvalue weighted by molar-refractivity contribution is 7.51. The first kappa shape index (κ1) is 20.2. The average Bonchev–Trinajstić information content (AvgIpc) is 2.68. The van der Waals surface area contributed by atoms with E-state index in [4.69, 9.17) is 9.79 Å². The van der Waals surface area contributed by atoms with Crippen LogP contribution in [0.25, 0.3) is 0 Å². The second kappa shape index (κ2) is 9.11. The summed E-state index contributed by atoms with van der Waals surface area (Å²) >= 11 is 0. The van der Waals surface area contributed by atoms with Gasteiger partial charge in [0, 0.05) is 32.7 Å². The maximum Gasteiger partial charge on any atom is 0.326 e. The fraction of sp³-hybridized carbons (Fsp3) is 0.400. The third-order valence-corrected chi connectivity index (χ3v) is 5.87. The van der Waals surface area contributed by atoms with Crippen molar-refractivity contribution >= 4 is 7.60 Å². The van der Waals surface area contributed by atoms with Crippen molar-refractivity contribution < 1.29 is 19.5 Å². The standard InChI is InChI=1S/C20H27N2O4P/c23-20(18-9-5-2-6-10-18)19(17-7-3-1-4-8-17)22-13-11-21(12-14-22)15-16-27(24,25)26/h1-10,19-20,23H,11-16H2,(H2,24,25,26)/t19-,20+/m0/s1. The van der Waals surface area contributed by atoms with Crippen molar-refractivity contribution in [3.05, 3.63) is 71.8 Å². The summed E-state index contributed by atoms with van der Waals surface area (Å²) < 4.78 is 11.1. The van der Waals surface area contributed by atoms with Crippen LogP contribution in [-0.2, 0) is 4.57 Å². The van der Waals surface area contributed by atoms with E-state index < -0.39 is 13.7 Å². The van der Waals surface area contributed by atoms with Crippen molar-refractivity contribution in [2.24, 2.45) is 0 Å². The first-order chi connectivity index (χ1) is 12.9. The number of rotatable bonds is 7. The molecule has 0 bridgehead atoms. The van der Waals surface area contributed by atoms with Crippen LogP contribution >= 0.6 is 7.60 Å². The van der Waals surface area contributed by atoms with E-state index in [0.29, 0.717) is 6.54 Å². The third kappa shape index (κ3) is 5.72. The molecule has 0 aliphatic carbocycles. The van der Waals surface area contributed by atoms with Crippen LogP contribution in [0.15, 0.2) is 60.7 Å². The second-order valence-electron chi connectivity index (χ2n) is 6.98. The van der Waals surface area contributed by atoms with Gasteiger partial charge in [-0.15, -0.1) is 0 Å². The monoisotopic (exact) mass is 390 g/mol. The lowest BCUT2D eigenvalue weighted by molar-refractivity contribution is 0.0175. The summed E-state index contributed by atoms with van der Waals surface area (Å²) in [6, 6.07) is 19.5. The van der Waals surface area contributed by atoms with E-state index in [1.807, 2.05) is 60.7 Å². The number of aliphatic hydroxyl groups is 1. The SMILES string of the molecule is O=P(O)(O)CCN1CCN([C@@H](c2ccccc2)[C@H](O)c2ccccc2)CC1. The zero-order chi connectivity index (χ0) is 19.3. The van der Waals surface area contributed by atoms with Crippen LogP contribution in [-0.4, -0.2) is 63.6 Å². The Bertz CT molecular complexity index is 745. The van der Waals surface area contributed by atoms with Crippen molar-refractivity contribution in [3.63, 3.8) is 0 Å². The van der Waals surface area contributed by atoms with E-state index >= 15 is 0 Å². The van der Waals surface area contributed by atoms with Crippen molar-refractivity contribution in [1.82, 2.24) is 9.80 Å². The lowest BCUT2D eigenvalue weighted by atomic mass is 9.94. The van der Waals surface area contributed by atoms with Gasteiger partial charge in [0.1, 0.15) is 0 Å². The van der Waals surface area contributed by atoms with Crippen molar-refractivity contribution in [2.45, 2.75) is 12.1 Å². The summed E-state index contributed by atoms with van der Waals surface area (Å²) in [6.07, 6.45) is -0.753. The predicted octanol–water partition coefficient (Wildman–Crippen LogP) is 2.26. The number of nitrogens with zero attached hydrogens (tertiary/aromatic N) is 2. The number of hydrogen-bond acceptors (Lipinski definition) is 4. The molecule has 27 heavy (non-hydrogen) atoms.